The van der Waals surface area contributed by atoms with Gasteiger partial charge in [0.2, 0.25) is 11.8 Å². The van der Waals surface area contributed by atoms with Crippen LogP contribution in [0.5, 0.6) is 0 Å². The van der Waals surface area contributed by atoms with Crippen molar-refractivity contribution in [1.82, 2.24) is 25.2 Å². The van der Waals surface area contributed by atoms with E-state index in [9.17, 15) is 14.4 Å². The predicted molar refractivity (Wildman–Crippen MR) is 175 cm³/mol. The Morgan fingerprint density at radius 1 is 1.07 bits per heavy atom. The lowest BCUT2D eigenvalue weighted by Crippen LogP contribution is -2.46. The number of carbonyl (C=O) groups excluding carboxylic acids is 3. The van der Waals surface area contributed by atoms with Crippen LogP contribution in [0.3, 0.4) is 0 Å². The van der Waals surface area contributed by atoms with Crippen molar-refractivity contribution in [1.29, 1.82) is 0 Å². The Balaban J connectivity index is 1.07. The SMILES string of the molecule is Cc1nc(Nc2ncc(C(=O)Nc3c(C)cccc3Cl)s2)cc(N2CCN(Cc3ccccc3C3CCC(=O)NC3=O)CC2)n1. The number of nitrogens with one attached hydrogen (secondary N) is 3. The van der Waals surface area contributed by atoms with Crippen molar-refractivity contribution in [2.75, 3.05) is 41.7 Å². The second kappa shape index (κ2) is 13.3. The zero-order valence-corrected chi connectivity index (χ0v) is 26.5. The molecule has 11 nitrogen and oxygen atoms in total. The Morgan fingerprint density at radius 2 is 1.87 bits per heavy atom. The van der Waals surface area contributed by atoms with Crippen LogP contribution in [-0.2, 0) is 16.1 Å². The Bertz CT molecular complexity index is 1730. The Kier molecular flexibility index (Phi) is 9.06. The van der Waals surface area contributed by atoms with Gasteiger partial charge in [-0.2, -0.15) is 0 Å². The molecule has 2 fully saturated rings. The highest BCUT2D eigenvalue weighted by atomic mass is 35.5. The van der Waals surface area contributed by atoms with Crippen LogP contribution < -0.4 is 20.9 Å². The third-order valence-electron chi connectivity index (χ3n) is 8.01. The fourth-order valence-corrected chi connectivity index (χ4v) is 6.66. The summed E-state index contributed by atoms with van der Waals surface area (Å²) in [6, 6.07) is 15.4. The van der Waals surface area contributed by atoms with Gasteiger partial charge in [0.25, 0.3) is 5.91 Å². The maximum atomic E-state index is 12.9. The first-order valence-corrected chi connectivity index (χ1v) is 16.0. The maximum absolute atomic E-state index is 12.9. The molecule has 1 unspecified atom stereocenters. The molecular weight excluding hydrogens is 612 g/mol. The summed E-state index contributed by atoms with van der Waals surface area (Å²) in [6.45, 7) is 7.67. The first-order chi connectivity index (χ1) is 21.7. The molecule has 0 saturated carbocycles. The molecule has 4 aromatic rings. The molecule has 1 atom stereocenters. The number of benzene rings is 2. The number of aryl methyl sites for hydroxylation is 2. The van der Waals surface area contributed by atoms with Gasteiger partial charge in [-0.3, -0.25) is 24.6 Å². The Hall–Kier alpha value is -4.39. The number of piperidine rings is 1. The van der Waals surface area contributed by atoms with E-state index in [1.165, 1.54) is 17.5 Å². The first-order valence-electron chi connectivity index (χ1n) is 14.8. The van der Waals surface area contributed by atoms with Gasteiger partial charge in [0.05, 0.1) is 22.8 Å². The summed E-state index contributed by atoms with van der Waals surface area (Å²) >= 11 is 7.50. The number of halogens is 1. The minimum atomic E-state index is -0.301. The normalized spacial score (nSPS) is 17.2. The van der Waals surface area contributed by atoms with Crippen LogP contribution in [0.25, 0.3) is 0 Å². The maximum Gasteiger partial charge on any atom is 0.267 e. The average molecular weight is 645 g/mol. The molecule has 0 spiro atoms. The Labute approximate surface area is 270 Å². The molecular formula is C32H33ClN8O3S. The summed E-state index contributed by atoms with van der Waals surface area (Å²) in [5.74, 6) is 1.04. The highest BCUT2D eigenvalue weighted by molar-refractivity contribution is 7.17. The van der Waals surface area contributed by atoms with Gasteiger partial charge in [0, 0.05) is 45.2 Å². The second-order valence-corrected chi connectivity index (χ2v) is 12.6. The fraction of sp³-hybridized carbons (Fsp3) is 0.312. The van der Waals surface area contributed by atoms with Crippen molar-refractivity contribution in [3.05, 3.63) is 87.1 Å². The lowest BCUT2D eigenvalue weighted by molar-refractivity contribution is -0.134. The van der Waals surface area contributed by atoms with Crippen molar-refractivity contribution in [2.24, 2.45) is 0 Å². The van der Waals surface area contributed by atoms with Crippen molar-refractivity contribution in [3.63, 3.8) is 0 Å². The molecule has 4 heterocycles. The highest BCUT2D eigenvalue weighted by Gasteiger charge is 2.30. The molecule has 6 rings (SSSR count). The van der Waals surface area contributed by atoms with Crippen LogP contribution in [-0.4, -0.2) is 63.8 Å². The average Bonchev–Trinajstić information content (AvgIpc) is 3.48. The summed E-state index contributed by atoms with van der Waals surface area (Å²) in [4.78, 5) is 55.7. The minimum absolute atomic E-state index is 0.202. The number of nitrogens with zero attached hydrogens (tertiary/aromatic N) is 5. The van der Waals surface area contributed by atoms with Crippen LogP contribution in [0.1, 0.15) is 50.9 Å². The number of para-hydroxylation sites is 1. The molecule has 232 valence electrons. The molecule has 2 aliphatic heterocycles. The molecule has 3 amide bonds. The molecule has 0 bridgehead atoms. The number of imide groups is 1. The summed E-state index contributed by atoms with van der Waals surface area (Å²) in [7, 11) is 0. The van der Waals surface area contributed by atoms with E-state index in [0.717, 1.165) is 55.2 Å². The van der Waals surface area contributed by atoms with Gasteiger partial charge in [-0.05, 0) is 43.0 Å². The monoisotopic (exact) mass is 644 g/mol. The van der Waals surface area contributed by atoms with Gasteiger partial charge in [0.15, 0.2) is 5.13 Å². The van der Waals surface area contributed by atoms with Crippen LogP contribution >= 0.6 is 22.9 Å². The number of aromatic nitrogens is 3. The van der Waals surface area contributed by atoms with Gasteiger partial charge < -0.3 is 15.5 Å². The van der Waals surface area contributed by atoms with E-state index >= 15 is 0 Å². The van der Waals surface area contributed by atoms with Crippen molar-refractivity contribution >= 4 is 63.1 Å². The number of hydrogen-bond acceptors (Lipinski definition) is 10. The number of carbonyl (C=O) groups is 3. The predicted octanol–water partition coefficient (Wildman–Crippen LogP) is 5.04. The number of thiazole rings is 1. The summed E-state index contributed by atoms with van der Waals surface area (Å²) < 4.78 is 0. The number of anilines is 4. The largest absolute Gasteiger partial charge is 0.354 e. The molecule has 3 N–H and O–H groups in total. The van der Waals surface area contributed by atoms with E-state index in [4.69, 9.17) is 11.6 Å². The summed E-state index contributed by atoms with van der Waals surface area (Å²) in [5.41, 5.74) is 3.57. The molecule has 2 aromatic heterocycles. The minimum Gasteiger partial charge on any atom is -0.354 e. The molecule has 2 aromatic carbocycles. The van der Waals surface area contributed by atoms with E-state index in [0.29, 0.717) is 45.2 Å². The third kappa shape index (κ3) is 7.14. The Morgan fingerprint density at radius 3 is 2.64 bits per heavy atom. The van der Waals surface area contributed by atoms with Gasteiger partial charge in [-0.1, -0.05) is 59.3 Å². The zero-order valence-electron chi connectivity index (χ0n) is 25.0. The standard InChI is InChI=1S/C32H33ClN8O3S/c1-19-6-5-9-24(33)29(19)39-31(44)25-17-34-32(45-25)37-26-16-27(36-20(2)35-26)41-14-12-40(13-15-41)18-21-7-3-4-8-22(21)23-10-11-28(42)38-30(23)43/h3-9,16-17,23H,10-15,18H2,1-2H3,(H,39,44)(H,38,42,43)(H,34,35,36,37). The molecule has 2 saturated heterocycles. The van der Waals surface area contributed by atoms with Gasteiger partial charge in [-0.15, -0.1) is 0 Å². The van der Waals surface area contributed by atoms with Crippen LogP contribution in [0.4, 0.5) is 22.5 Å². The number of amides is 3. The second-order valence-electron chi connectivity index (χ2n) is 11.2. The molecule has 13 heteroatoms. The lowest BCUT2D eigenvalue weighted by Gasteiger charge is -2.36. The number of rotatable bonds is 8. The smallest absolute Gasteiger partial charge is 0.267 e. The summed E-state index contributed by atoms with van der Waals surface area (Å²) in [5, 5.41) is 9.62. The third-order valence-corrected chi connectivity index (χ3v) is 9.24. The van der Waals surface area contributed by atoms with E-state index in [1.807, 2.05) is 50.2 Å². The van der Waals surface area contributed by atoms with E-state index < -0.39 is 0 Å². The number of hydrogen-bond donors (Lipinski definition) is 3. The molecule has 45 heavy (non-hydrogen) atoms. The van der Waals surface area contributed by atoms with Crippen molar-refractivity contribution in [3.8, 4) is 0 Å². The lowest BCUT2D eigenvalue weighted by atomic mass is 9.87. The fourth-order valence-electron chi connectivity index (χ4n) is 5.67. The van der Waals surface area contributed by atoms with Gasteiger partial charge >= 0.3 is 0 Å². The van der Waals surface area contributed by atoms with Crippen LogP contribution in [0.15, 0.2) is 54.7 Å². The van der Waals surface area contributed by atoms with Crippen LogP contribution in [0.2, 0.25) is 5.02 Å². The zero-order chi connectivity index (χ0) is 31.5. The molecule has 0 radical (unpaired) electrons. The van der Waals surface area contributed by atoms with Crippen molar-refractivity contribution < 1.29 is 14.4 Å². The quantitative estimate of drug-likeness (QED) is 0.226. The number of piperazine rings is 1. The highest BCUT2D eigenvalue weighted by Crippen LogP contribution is 2.30. The first kappa shape index (κ1) is 30.6. The summed E-state index contributed by atoms with van der Waals surface area (Å²) in [6.07, 6.45) is 2.43. The molecule has 2 aliphatic rings. The molecule has 0 aliphatic carbocycles. The van der Waals surface area contributed by atoms with Gasteiger partial charge in [-0.25, -0.2) is 15.0 Å². The van der Waals surface area contributed by atoms with Crippen molar-refractivity contribution in [2.45, 2.75) is 39.2 Å². The van der Waals surface area contributed by atoms with E-state index in [1.54, 1.807) is 6.07 Å². The van der Waals surface area contributed by atoms with E-state index in [2.05, 4.69) is 46.8 Å². The topological polar surface area (TPSA) is 132 Å². The van der Waals surface area contributed by atoms with Gasteiger partial charge in [0.1, 0.15) is 22.3 Å². The van der Waals surface area contributed by atoms with Crippen LogP contribution in [0, 0.1) is 13.8 Å². The van der Waals surface area contributed by atoms with E-state index in [-0.39, 0.29) is 23.6 Å².